The van der Waals surface area contributed by atoms with E-state index in [4.69, 9.17) is 19.2 Å². The van der Waals surface area contributed by atoms with E-state index in [9.17, 15) is 0 Å². The molecule has 1 rings (SSSR count). The molecule has 0 saturated carbocycles. The largest absolute Gasteiger partial charge is 0.358 e. The first-order chi connectivity index (χ1) is 11.6. The van der Waals surface area contributed by atoms with Crippen molar-refractivity contribution in [3.63, 3.8) is 0 Å². The molecule has 134 valence electrons. The van der Waals surface area contributed by atoms with Gasteiger partial charge in [-0.2, -0.15) is 15.0 Å². The van der Waals surface area contributed by atoms with Crippen molar-refractivity contribution in [3.05, 3.63) is 25.3 Å². The third-order valence-electron chi connectivity index (χ3n) is 2.98. The van der Waals surface area contributed by atoms with Crippen LogP contribution in [0.3, 0.4) is 0 Å². The molecule has 0 bridgehead atoms. The van der Waals surface area contributed by atoms with Crippen molar-refractivity contribution in [2.75, 3.05) is 57.2 Å². The second-order valence-electron chi connectivity index (χ2n) is 4.34. The number of rotatable bonds is 11. The van der Waals surface area contributed by atoms with Gasteiger partial charge in [0.15, 0.2) is 6.23 Å². The van der Waals surface area contributed by atoms with Gasteiger partial charge >= 0.3 is 0 Å². The Morgan fingerprint density at radius 1 is 0.958 bits per heavy atom. The van der Waals surface area contributed by atoms with Gasteiger partial charge in [0.25, 0.3) is 11.9 Å². The zero-order valence-electron chi connectivity index (χ0n) is 14.7. The Hall–Kier alpha value is -2.27. The Kier molecular flexibility index (Phi) is 8.06. The molecule has 10 heteroatoms. The van der Waals surface area contributed by atoms with Crippen molar-refractivity contribution in [1.29, 1.82) is 0 Å². The van der Waals surface area contributed by atoms with E-state index in [1.54, 1.807) is 31.2 Å². The molecule has 0 aliphatic rings. The Morgan fingerprint density at radius 3 is 2.00 bits per heavy atom. The third-order valence-corrected chi connectivity index (χ3v) is 2.98. The second-order valence-corrected chi connectivity index (χ2v) is 4.34. The normalized spacial score (nSPS) is 11.7. The number of hydroxylamine groups is 1. The molecular formula is C14H24N6O4. The van der Waals surface area contributed by atoms with Crippen LogP contribution in [0.4, 0.5) is 17.8 Å². The van der Waals surface area contributed by atoms with Crippen molar-refractivity contribution in [2.24, 2.45) is 0 Å². The zero-order chi connectivity index (χ0) is 18.1. The van der Waals surface area contributed by atoms with Crippen LogP contribution in [-0.2, 0) is 19.2 Å². The molecule has 0 saturated heterocycles. The standard InChI is InChI=1S/C14H24N6O4/c1-8-10-19(11(9-2)21-4)13-15-12(18(3)22-5)16-14(17-13)20(23-6)24-7/h8-9,11H,1-2,10H2,3-7H3. The summed E-state index contributed by atoms with van der Waals surface area (Å²) in [5.74, 6) is 0.700. The summed E-state index contributed by atoms with van der Waals surface area (Å²) >= 11 is 0. The first-order valence-corrected chi connectivity index (χ1v) is 7.01. The summed E-state index contributed by atoms with van der Waals surface area (Å²) in [6.45, 7) is 7.92. The van der Waals surface area contributed by atoms with Crippen LogP contribution >= 0.6 is 0 Å². The number of hydrogen-bond acceptors (Lipinski definition) is 10. The van der Waals surface area contributed by atoms with Crippen molar-refractivity contribution in [2.45, 2.75) is 6.23 Å². The minimum atomic E-state index is -0.461. The summed E-state index contributed by atoms with van der Waals surface area (Å²) in [5, 5.41) is 2.42. The van der Waals surface area contributed by atoms with Gasteiger partial charge in [-0.3, -0.25) is 4.84 Å². The minimum Gasteiger partial charge on any atom is -0.358 e. The van der Waals surface area contributed by atoms with Gasteiger partial charge in [-0.1, -0.05) is 17.9 Å². The van der Waals surface area contributed by atoms with Crippen LogP contribution in [0.5, 0.6) is 0 Å². The highest BCUT2D eigenvalue weighted by atomic mass is 16.9. The van der Waals surface area contributed by atoms with E-state index in [-0.39, 0.29) is 11.9 Å². The zero-order valence-corrected chi connectivity index (χ0v) is 14.7. The predicted molar refractivity (Wildman–Crippen MR) is 90.3 cm³/mol. The van der Waals surface area contributed by atoms with Gasteiger partial charge in [0.05, 0.1) is 21.3 Å². The monoisotopic (exact) mass is 340 g/mol. The molecule has 0 aliphatic carbocycles. The number of aromatic nitrogens is 3. The molecule has 10 nitrogen and oxygen atoms in total. The number of hydrogen-bond donors (Lipinski definition) is 0. The van der Waals surface area contributed by atoms with Crippen LogP contribution < -0.4 is 15.2 Å². The highest BCUT2D eigenvalue weighted by Gasteiger charge is 2.22. The molecule has 0 fully saturated rings. The fourth-order valence-electron chi connectivity index (χ4n) is 1.80. The van der Waals surface area contributed by atoms with E-state index < -0.39 is 6.23 Å². The minimum absolute atomic E-state index is 0.136. The molecule has 0 aliphatic heterocycles. The highest BCUT2D eigenvalue weighted by Crippen LogP contribution is 2.21. The number of anilines is 3. The first kappa shape index (κ1) is 19.8. The molecule has 1 atom stereocenters. The average molecular weight is 340 g/mol. The van der Waals surface area contributed by atoms with Crippen LogP contribution in [0.25, 0.3) is 0 Å². The average Bonchev–Trinajstić information content (AvgIpc) is 2.62. The maximum absolute atomic E-state index is 5.39. The predicted octanol–water partition coefficient (Wildman–Crippen LogP) is 0.949. The van der Waals surface area contributed by atoms with Crippen molar-refractivity contribution < 1.29 is 19.2 Å². The molecule has 1 aromatic heterocycles. The fraction of sp³-hybridized carbons (Fsp3) is 0.500. The maximum Gasteiger partial charge on any atom is 0.284 e. The number of methoxy groups -OCH3 is 1. The molecule has 1 aromatic rings. The lowest BCUT2D eigenvalue weighted by atomic mass is 10.4. The van der Waals surface area contributed by atoms with E-state index in [1.807, 2.05) is 0 Å². The summed E-state index contributed by atoms with van der Waals surface area (Å²) in [6.07, 6.45) is 2.86. The second kappa shape index (κ2) is 9.78. The third kappa shape index (κ3) is 4.61. The van der Waals surface area contributed by atoms with E-state index in [2.05, 4.69) is 28.1 Å². The summed E-state index contributed by atoms with van der Waals surface area (Å²) in [7, 11) is 7.57. The summed E-state index contributed by atoms with van der Waals surface area (Å²) in [6, 6.07) is 0. The lowest BCUT2D eigenvalue weighted by Crippen LogP contribution is -2.38. The van der Waals surface area contributed by atoms with Crippen LogP contribution in [0.1, 0.15) is 0 Å². The van der Waals surface area contributed by atoms with Crippen LogP contribution in [0, 0.1) is 0 Å². The fourth-order valence-corrected chi connectivity index (χ4v) is 1.80. The first-order valence-electron chi connectivity index (χ1n) is 7.01. The molecular weight excluding hydrogens is 316 g/mol. The van der Waals surface area contributed by atoms with E-state index in [0.717, 1.165) is 5.23 Å². The lowest BCUT2D eigenvalue weighted by molar-refractivity contribution is -0.0472. The Bertz CT molecular complexity index is 540. The smallest absolute Gasteiger partial charge is 0.284 e. The van der Waals surface area contributed by atoms with Crippen LogP contribution in [0.2, 0.25) is 0 Å². The van der Waals surface area contributed by atoms with Gasteiger partial charge in [-0.15, -0.1) is 6.58 Å². The summed E-state index contributed by atoms with van der Waals surface area (Å²) < 4.78 is 5.39. The van der Waals surface area contributed by atoms with Gasteiger partial charge in [-0.25, -0.2) is 14.7 Å². The highest BCUT2D eigenvalue weighted by molar-refractivity contribution is 5.44. The van der Waals surface area contributed by atoms with Crippen LogP contribution in [0.15, 0.2) is 25.3 Å². The molecule has 0 N–H and O–H groups in total. The lowest BCUT2D eigenvalue weighted by Gasteiger charge is -2.28. The number of nitrogens with zero attached hydrogens (tertiary/aromatic N) is 6. The van der Waals surface area contributed by atoms with E-state index in [0.29, 0.717) is 12.5 Å². The number of ether oxygens (including phenoxy) is 1. The molecule has 0 aromatic carbocycles. The molecule has 1 heterocycles. The van der Waals surface area contributed by atoms with Gasteiger partial charge in [0, 0.05) is 20.7 Å². The quantitative estimate of drug-likeness (QED) is 0.330. The van der Waals surface area contributed by atoms with Gasteiger partial charge in [-0.05, 0) is 6.08 Å². The molecule has 0 radical (unpaired) electrons. The SMILES string of the molecule is C=CCN(c1nc(N(C)OC)nc(N(OC)OC)n1)C(C=C)OC. The Labute approximate surface area is 141 Å². The topological polar surface area (TPSA) is 85.3 Å². The summed E-state index contributed by atoms with van der Waals surface area (Å²) in [5.41, 5.74) is 0. The van der Waals surface area contributed by atoms with Crippen molar-refractivity contribution in [1.82, 2.24) is 15.0 Å². The van der Waals surface area contributed by atoms with E-state index in [1.165, 1.54) is 26.4 Å². The molecule has 0 amide bonds. The van der Waals surface area contributed by atoms with E-state index >= 15 is 0 Å². The Balaban J connectivity index is 3.43. The molecule has 1 unspecified atom stereocenters. The Morgan fingerprint density at radius 2 is 1.54 bits per heavy atom. The van der Waals surface area contributed by atoms with Crippen LogP contribution in [-0.4, -0.2) is 63.2 Å². The van der Waals surface area contributed by atoms with Gasteiger partial charge in [0.2, 0.25) is 5.95 Å². The van der Waals surface area contributed by atoms with Crippen molar-refractivity contribution in [3.8, 4) is 0 Å². The van der Waals surface area contributed by atoms with Crippen molar-refractivity contribution >= 4 is 17.8 Å². The van der Waals surface area contributed by atoms with Gasteiger partial charge < -0.3 is 9.64 Å². The maximum atomic E-state index is 5.39. The molecule has 24 heavy (non-hydrogen) atoms. The van der Waals surface area contributed by atoms with Gasteiger partial charge in [0.1, 0.15) is 0 Å². The summed E-state index contributed by atoms with van der Waals surface area (Å²) in [4.78, 5) is 30.0. The molecule has 0 spiro atoms.